The fraction of sp³-hybridized carbons (Fsp3) is 0.353. The number of benzene rings is 1. The molecule has 0 unspecified atom stereocenters. The van der Waals surface area contributed by atoms with Gasteiger partial charge >= 0.3 is 0 Å². The van der Waals surface area contributed by atoms with Gasteiger partial charge in [-0.25, -0.2) is 8.42 Å². The molecule has 1 N–H and O–H groups in total. The number of nitrogens with zero attached hydrogens (tertiary/aromatic N) is 5. The van der Waals surface area contributed by atoms with Gasteiger partial charge in [0.15, 0.2) is 0 Å². The van der Waals surface area contributed by atoms with E-state index < -0.39 is 10.0 Å². The molecule has 1 aliphatic heterocycles. The highest BCUT2D eigenvalue weighted by Crippen LogP contribution is 2.26. The van der Waals surface area contributed by atoms with Gasteiger partial charge in [0, 0.05) is 38.6 Å². The summed E-state index contributed by atoms with van der Waals surface area (Å²) >= 11 is 0. The van der Waals surface area contributed by atoms with Gasteiger partial charge in [-0.3, -0.25) is 18.9 Å². The Morgan fingerprint density at radius 2 is 2.00 bits per heavy atom. The molecule has 1 aromatic carbocycles. The van der Waals surface area contributed by atoms with E-state index in [0.717, 1.165) is 5.39 Å². The molecule has 10 heteroatoms. The van der Waals surface area contributed by atoms with E-state index in [9.17, 15) is 13.2 Å². The lowest BCUT2D eigenvalue weighted by Gasteiger charge is -2.29. The standard InChI is InChI=1S/C17H20N6O3S/c1-21-10-13(6-7-16(21)24)23-11-14(9-19-23)27(25,26)20-15-5-3-4-12-8-18-22(2)17(12)15/h3-5,8-9,11,13,20H,6-7,10H2,1-2H3/t13-/m1/s1. The zero-order chi connectivity index (χ0) is 19.2. The molecule has 2 aromatic heterocycles. The molecular weight excluding hydrogens is 368 g/mol. The predicted molar refractivity (Wildman–Crippen MR) is 99.7 cm³/mol. The molecule has 0 bridgehead atoms. The van der Waals surface area contributed by atoms with Crippen molar-refractivity contribution in [3.8, 4) is 0 Å². The lowest BCUT2D eigenvalue weighted by Crippen LogP contribution is -2.38. The highest BCUT2D eigenvalue weighted by molar-refractivity contribution is 7.92. The van der Waals surface area contributed by atoms with E-state index in [1.54, 1.807) is 46.7 Å². The summed E-state index contributed by atoms with van der Waals surface area (Å²) in [5.74, 6) is 0.0946. The van der Waals surface area contributed by atoms with Crippen LogP contribution < -0.4 is 4.72 Å². The molecule has 3 heterocycles. The second-order valence-electron chi connectivity index (χ2n) is 6.74. The molecule has 0 radical (unpaired) electrons. The Bertz CT molecular complexity index is 1120. The summed E-state index contributed by atoms with van der Waals surface area (Å²) in [6.07, 6.45) is 5.62. The van der Waals surface area contributed by atoms with E-state index in [4.69, 9.17) is 0 Å². The number of likely N-dealkylation sites (N-methyl/N-ethyl adjacent to an activating group) is 1. The normalized spacial score (nSPS) is 18.2. The zero-order valence-corrected chi connectivity index (χ0v) is 15.8. The number of aromatic nitrogens is 4. The number of hydrogen-bond acceptors (Lipinski definition) is 5. The van der Waals surface area contributed by atoms with Gasteiger partial charge < -0.3 is 4.90 Å². The first-order chi connectivity index (χ1) is 12.8. The van der Waals surface area contributed by atoms with Gasteiger partial charge in [-0.15, -0.1) is 0 Å². The minimum absolute atomic E-state index is 0.0304. The van der Waals surface area contributed by atoms with Gasteiger partial charge in [0.05, 0.1) is 29.6 Å². The topological polar surface area (TPSA) is 102 Å². The fourth-order valence-electron chi connectivity index (χ4n) is 3.38. The second kappa shape index (κ2) is 6.38. The third-order valence-electron chi connectivity index (χ3n) is 4.87. The van der Waals surface area contributed by atoms with Crippen LogP contribution >= 0.6 is 0 Å². The van der Waals surface area contributed by atoms with Crippen molar-refractivity contribution in [1.82, 2.24) is 24.5 Å². The van der Waals surface area contributed by atoms with Crippen molar-refractivity contribution in [3.05, 3.63) is 36.8 Å². The van der Waals surface area contributed by atoms with Gasteiger partial charge in [0.1, 0.15) is 4.90 Å². The molecule has 1 amide bonds. The minimum atomic E-state index is -3.80. The number of hydrogen-bond donors (Lipinski definition) is 1. The van der Waals surface area contributed by atoms with Crippen LogP contribution in [0.25, 0.3) is 10.9 Å². The summed E-state index contributed by atoms with van der Waals surface area (Å²) in [6.45, 7) is 0.516. The van der Waals surface area contributed by atoms with Gasteiger partial charge in [0.2, 0.25) is 5.91 Å². The Morgan fingerprint density at radius 1 is 1.19 bits per heavy atom. The Hall–Kier alpha value is -2.88. The number of para-hydroxylation sites is 1. The van der Waals surface area contributed by atoms with Crippen molar-refractivity contribution in [2.75, 3.05) is 18.3 Å². The maximum atomic E-state index is 12.8. The van der Waals surface area contributed by atoms with Crippen molar-refractivity contribution >= 4 is 32.5 Å². The second-order valence-corrected chi connectivity index (χ2v) is 8.42. The molecular formula is C17H20N6O3S. The van der Waals surface area contributed by atoms with Gasteiger partial charge in [-0.05, 0) is 12.5 Å². The molecule has 3 aromatic rings. The number of amides is 1. The number of carbonyl (C=O) groups excluding carboxylic acids is 1. The smallest absolute Gasteiger partial charge is 0.265 e. The summed E-state index contributed by atoms with van der Waals surface area (Å²) in [4.78, 5) is 13.4. The summed E-state index contributed by atoms with van der Waals surface area (Å²) in [5.41, 5.74) is 1.17. The average Bonchev–Trinajstić information content (AvgIpc) is 3.26. The number of aryl methyl sites for hydroxylation is 1. The van der Waals surface area contributed by atoms with E-state index in [1.165, 1.54) is 12.4 Å². The van der Waals surface area contributed by atoms with Crippen molar-refractivity contribution in [1.29, 1.82) is 0 Å². The largest absolute Gasteiger partial charge is 0.344 e. The van der Waals surface area contributed by atoms with Crippen LogP contribution in [0.3, 0.4) is 0 Å². The number of anilines is 1. The number of piperidine rings is 1. The summed E-state index contributed by atoms with van der Waals surface area (Å²) in [6, 6.07) is 5.32. The number of fused-ring (bicyclic) bond motifs is 1. The SMILES string of the molecule is CN1C[C@H](n2cc(S(=O)(=O)Nc3cccc4cnn(C)c34)cn2)CCC1=O. The highest BCUT2D eigenvalue weighted by atomic mass is 32.2. The van der Waals surface area contributed by atoms with Gasteiger partial charge in [-0.1, -0.05) is 12.1 Å². The van der Waals surface area contributed by atoms with Crippen molar-refractivity contribution in [2.45, 2.75) is 23.8 Å². The average molecular weight is 388 g/mol. The monoisotopic (exact) mass is 388 g/mol. The Morgan fingerprint density at radius 3 is 2.78 bits per heavy atom. The van der Waals surface area contributed by atoms with Crippen LogP contribution in [0.15, 0.2) is 41.7 Å². The first-order valence-electron chi connectivity index (χ1n) is 8.57. The molecule has 142 valence electrons. The van der Waals surface area contributed by atoms with Crippen LogP contribution in [0.2, 0.25) is 0 Å². The fourth-order valence-corrected chi connectivity index (χ4v) is 4.39. The predicted octanol–water partition coefficient (Wildman–Crippen LogP) is 1.36. The number of rotatable bonds is 4. The zero-order valence-electron chi connectivity index (χ0n) is 15.0. The maximum absolute atomic E-state index is 12.8. The van der Waals surface area contributed by atoms with Gasteiger partial charge in [-0.2, -0.15) is 10.2 Å². The molecule has 1 atom stereocenters. The number of sulfonamides is 1. The lowest BCUT2D eigenvalue weighted by molar-refractivity contribution is -0.133. The summed E-state index contributed by atoms with van der Waals surface area (Å²) < 4.78 is 31.6. The van der Waals surface area contributed by atoms with Crippen LogP contribution in [0.5, 0.6) is 0 Å². The third-order valence-corrected chi connectivity index (χ3v) is 6.19. The van der Waals surface area contributed by atoms with Crippen LogP contribution in [0.1, 0.15) is 18.9 Å². The number of carbonyl (C=O) groups is 1. The Labute approximate surface area is 156 Å². The number of likely N-dealkylation sites (tertiary alicyclic amines) is 1. The summed E-state index contributed by atoms with van der Waals surface area (Å²) in [5, 5.41) is 9.24. The van der Waals surface area contributed by atoms with Crippen LogP contribution in [0, 0.1) is 0 Å². The van der Waals surface area contributed by atoms with E-state index in [2.05, 4.69) is 14.9 Å². The molecule has 9 nitrogen and oxygen atoms in total. The van der Waals surface area contributed by atoms with Gasteiger partial charge in [0.25, 0.3) is 10.0 Å². The van der Waals surface area contributed by atoms with E-state index in [0.29, 0.717) is 30.6 Å². The molecule has 27 heavy (non-hydrogen) atoms. The van der Waals surface area contributed by atoms with Crippen LogP contribution in [0.4, 0.5) is 5.69 Å². The van der Waals surface area contributed by atoms with Crippen molar-refractivity contribution in [2.24, 2.45) is 7.05 Å². The quantitative estimate of drug-likeness (QED) is 0.727. The molecule has 0 saturated carbocycles. The first kappa shape index (κ1) is 17.5. The molecule has 1 saturated heterocycles. The molecule has 4 rings (SSSR count). The van der Waals surface area contributed by atoms with Crippen LogP contribution in [-0.2, 0) is 21.9 Å². The lowest BCUT2D eigenvalue weighted by atomic mass is 10.1. The molecule has 0 spiro atoms. The van der Waals surface area contributed by atoms with Crippen molar-refractivity contribution < 1.29 is 13.2 Å². The molecule has 1 aliphatic rings. The third kappa shape index (κ3) is 3.16. The summed E-state index contributed by atoms with van der Waals surface area (Å²) in [7, 11) is -0.292. The highest BCUT2D eigenvalue weighted by Gasteiger charge is 2.26. The molecule has 1 fully saturated rings. The first-order valence-corrected chi connectivity index (χ1v) is 10.0. The molecule has 0 aliphatic carbocycles. The van der Waals surface area contributed by atoms with E-state index >= 15 is 0 Å². The Kier molecular flexibility index (Phi) is 4.14. The van der Waals surface area contributed by atoms with E-state index in [1.807, 2.05) is 6.07 Å². The van der Waals surface area contributed by atoms with Crippen molar-refractivity contribution in [3.63, 3.8) is 0 Å². The van der Waals surface area contributed by atoms with Crippen LogP contribution in [-0.4, -0.2) is 52.4 Å². The Balaban J connectivity index is 1.60. The number of nitrogens with one attached hydrogen (secondary N) is 1. The minimum Gasteiger partial charge on any atom is -0.344 e. The maximum Gasteiger partial charge on any atom is 0.265 e. The van der Waals surface area contributed by atoms with E-state index in [-0.39, 0.29) is 16.8 Å².